The number of nitriles is 1. The van der Waals surface area contributed by atoms with Crippen molar-refractivity contribution >= 4 is 5.97 Å². The minimum Gasteiger partial charge on any atom is -0.479 e. The van der Waals surface area contributed by atoms with E-state index in [1.54, 1.807) is 19.9 Å². The molecule has 0 aromatic carbocycles. The monoisotopic (exact) mass is 184 g/mol. The third kappa shape index (κ3) is 3.47. The van der Waals surface area contributed by atoms with Crippen LogP contribution in [0.5, 0.6) is 0 Å². The molecule has 0 saturated carbocycles. The molecule has 0 aliphatic heterocycles. The van der Waals surface area contributed by atoms with Crippen LogP contribution in [0.1, 0.15) is 13.8 Å². The van der Waals surface area contributed by atoms with E-state index in [1.807, 2.05) is 0 Å². The molecule has 0 atom stereocenters. The van der Waals surface area contributed by atoms with Crippen LogP contribution in [-0.2, 0) is 14.3 Å². The molecule has 0 spiro atoms. The summed E-state index contributed by atoms with van der Waals surface area (Å²) in [5.41, 5.74) is 5.02. The van der Waals surface area contributed by atoms with E-state index in [1.165, 1.54) is 0 Å². The van der Waals surface area contributed by atoms with Gasteiger partial charge in [-0.3, -0.25) is 0 Å². The molecule has 0 rings (SSSR count). The third-order valence-electron chi connectivity index (χ3n) is 1.14. The van der Waals surface area contributed by atoms with Crippen molar-refractivity contribution < 1.29 is 14.3 Å². The van der Waals surface area contributed by atoms with Gasteiger partial charge in [-0.25, -0.2) is 4.79 Å². The molecule has 13 heavy (non-hydrogen) atoms. The predicted molar refractivity (Wildman–Crippen MR) is 45.1 cm³/mol. The summed E-state index contributed by atoms with van der Waals surface area (Å²) in [4.78, 5) is 11.0. The number of carbonyl (C=O) groups is 1. The first-order valence-corrected chi connectivity index (χ1v) is 3.87. The Bertz CT molecular complexity index is 253. The quantitative estimate of drug-likeness (QED) is 0.293. The van der Waals surface area contributed by atoms with Crippen molar-refractivity contribution in [2.45, 2.75) is 13.8 Å². The first-order chi connectivity index (χ1) is 6.17. The lowest BCUT2D eigenvalue weighted by atomic mass is 10.3. The van der Waals surface area contributed by atoms with Crippen molar-refractivity contribution in [3.63, 3.8) is 0 Å². The van der Waals surface area contributed by atoms with Gasteiger partial charge in [0.25, 0.3) is 0 Å². The zero-order valence-electron chi connectivity index (χ0n) is 7.66. The molecule has 0 heterocycles. The van der Waals surface area contributed by atoms with Crippen molar-refractivity contribution in [1.82, 2.24) is 0 Å². The van der Waals surface area contributed by atoms with E-state index in [0.29, 0.717) is 6.61 Å². The fourth-order valence-corrected chi connectivity index (χ4v) is 0.632. The van der Waals surface area contributed by atoms with Crippen LogP contribution in [0.15, 0.2) is 11.5 Å². The Hall–Kier alpha value is -1.70. The molecular weight excluding hydrogens is 172 g/mol. The fourth-order valence-electron chi connectivity index (χ4n) is 0.632. The Labute approximate surface area is 76.7 Å². The summed E-state index contributed by atoms with van der Waals surface area (Å²) in [6.45, 7) is 3.84. The van der Waals surface area contributed by atoms with Gasteiger partial charge in [-0.2, -0.15) is 5.26 Å². The third-order valence-corrected chi connectivity index (χ3v) is 1.14. The number of hydrogen-bond donors (Lipinski definition) is 1. The molecule has 2 N–H and O–H groups in total. The summed E-state index contributed by atoms with van der Waals surface area (Å²) in [7, 11) is 0. The zero-order chi connectivity index (χ0) is 10.3. The van der Waals surface area contributed by atoms with Crippen LogP contribution >= 0.6 is 0 Å². The minimum atomic E-state index is -0.754. The van der Waals surface area contributed by atoms with Crippen molar-refractivity contribution in [1.29, 1.82) is 5.26 Å². The number of carbonyl (C=O) groups excluding carboxylic acids is 1. The maximum atomic E-state index is 11.0. The number of nitrogens with two attached hydrogens (primary N) is 1. The number of nitrogens with zero attached hydrogens (tertiary/aromatic N) is 1. The summed E-state index contributed by atoms with van der Waals surface area (Å²) in [6.07, 6.45) is 0. The van der Waals surface area contributed by atoms with Gasteiger partial charge in [0.05, 0.1) is 13.2 Å². The second kappa shape index (κ2) is 5.89. The Balaban J connectivity index is 4.59. The maximum Gasteiger partial charge on any atom is 0.354 e. The van der Waals surface area contributed by atoms with Crippen molar-refractivity contribution in [3.05, 3.63) is 11.5 Å². The molecule has 72 valence electrons. The van der Waals surface area contributed by atoms with Crippen LogP contribution in [0.3, 0.4) is 0 Å². The summed E-state index contributed by atoms with van der Waals surface area (Å²) in [5.74, 6) is -0.945. The number of rotatable bonds is 4. The topological polar surface area (TPSA) is 85.3 Å². The van der Waals surface area contributed by atoms with Crippen molar-refractivity contribution in [2.75, 3.05) is 13.2 Å². The minimum absolute atomic E-state index is 0.191. The van der Waals surface area contributed by atoms with Gasteiger partial charge in [0, 0.05) is 0 Å². The lowest BCUT2D eigenvalue weighted by molar-refractivity contribution is -0.138. The average Bonchev–Trinajstić information content (AvgIpc) is 2.06. The molecule has 0 aliphatic rings. The molecule has 0 radical (unpaired) electrons. The Morgan fingerprint density at radius 1 is 1.38 bits per heavy atom. The predicted octanol–water partition coefficient (Wildman–Crippen LogP) is 0.280. The molecule has 0 bridgehead atoms. The van der Waals surface area contributed by atoms with Gasteiger partial charge in [-0.15, -0.1) is 0 Å². The Morgan fingerprint density at radius 3 is 2.31 bits per heavy atom. The highest BCUT2D eigenvalue weighted by atomic mass is 16.5. The summed E-state index contributed by atoms with van der Waals surface area (Å²) in [6, 6.07) is 1.63. The first kappa shape index (κ1) is 11.3. The molecule has 0 aromatic rings. The van der Waals surface area contributed by atoms with E-state index < -0.39 is 5.97 Å². The van der Waals surface area contributed by atoms with E-state index in [9.17, 15) is 4.79 Å². The number of hydrogen-bond acceptors (Lipinski definition) is 5. The van der Waals surface area contributed by atoms with Gasteiger partial charge >= 0.3 is 5.97 Å². The van der Waals surface area contributed by atoms with E-state index in [4.69, 9.17) is 15.7 Å². The molecular formula is C8H12N2O3. The van der Waals surface area contributed by atoms with Crippen LogP contribution in [0.4, 0.5) is 0 Å². The van der Waals surface area contributed by atoms with Crippen molar-refractivity contribution in [3.8, 4) is 6.07 Å². The maximum absolute atomic E-state index is 11.0. The van der Waals surface area contributed by atoms with Crippen LogP contribution in [0, 0.1) is 11.3 Å². The summed E-state index contributed by atoms with van der Waals surface area (Å²) in [5, 5.41) is 8.55. The van der Waals surface area contributed by atoms with E-state index >= 15 is 0 Å². The standard InChI is InChI=1S/C8H12N2O3/c1-3-12-7(10)6(5-9)8(11)13-4-2/h3-4,10H2,1-2H3/b7-6+. The molecule has 0 aliphatic carbocycles. The molecule has 5 nitrogen and oxygen atoms in total. The highest BCUT2D eigenvalue weighted by Gasteiger charge is 2.15. The number of esters is 1. The van der Waals surface area contributed by atoms with Gasteiger partial charge in [0.1, 0.15) is 6.07 Å². The SMILES string of the molecule is CCOC(=O)/C(C#N)=C(\N)OCC. The molecule has 5 heteroatoms. The van der Waals surface area contributed by atoms with Crippen LogP contribution in [0.2, 0.25) is 0 Å². The van der Waals surface area contributed by atoms with E-state index in [2.05, 4.69) is 4.74 Å². The van der Waals surface area contributed by atoms with Crippen LogP contribution in [0.25, 0.3) is 0 Å². The highest BCUT2D eigenvalue weighted by Crippen LogP contribution is 2.02. The Kier molecular flexibility index (Phi) is 5.12. The molecule has 0 fully saturated rings. The molecule has 0 unspecified atom stereocenters. The normalized spacial score (nSPS) is 11.2. The van der Waals surface area contributed by atoms with E-state index in [0.717, 1.165) is 0 Å². The molecule has 0 saturated heterocycles. The lowest BCUT2D eigenvalue weighted by Gasteiger charge is -2.04. The van der Waals surface area contributed by atoms with Crippen LogP contribution in [-0.4, -0.2) is 19.2 Å². The first-order valence-electron chi connectivity index (χ1n) is 3.87. The van der Waals surface area contributed by atoms with Gasteiger partial charge in [-0.05, 0) is 13.8 Å². The summed E-state index contributed by atoms with van der Waals surface area (Å²) < 4.78 is 9.38. The fraction of sp³-hybridized carbons (Fsp3) is 0.500. The van der Waals surface area contributed by atoms with Gasteiger partial charge < -0.3 is 15.2 Å². The van der Waals surface area contributed by atoms with Gasteiger partial charge in [0.15, 0.2) is 5.57 Å². The summed E-state index contributed by atoms with van der Waals surface area (Å²) >= 11 is 0. The second-order valence-corrected chi connectivity index (χ2v) is 2.00. The molecule has 0 aromatic heterocycles. The average molecular weight is 184 g/mol. The largest absolute Gasteiger partial charge is 0.479 e. The van der Waals surface area contributed by atoms with Crippen LogP contribution < -0.4 is 5.73 Å². The molecule has 0 amide bonds. The van der Waals surface area contributed by atoms with Crippen molar-refractivity contribution in [2.24, 2.45) is 5.73 Å². The smallest absolute Gasteiger partial charge is 0.354 e. The number of ether oxygens (including phenoxy) is 2. The Morgan fingerprint density at radius 2 is 1.92 bits per heavy atom. The second-order valence-electron chi connectivity index (χ2n) is 2.00. The van der Waals surface area contributed by atoms with E-state index in [-0.39, 0.29) is 18.1 Å². The zero-order valence-corrected chi connectivity index (χ0v) is 7.66. The van der Waals surface area contributed by atoms with Gasteiger partial charge in [0.2, 0.25) is 5.88 Å². The highest BCUT2D eigenvalue weighted by molar-refractivity contribution is 5.93. The lowest BCUT2D eigenvalue weighted by Crippen LogP contribution is -2.15. The van der Waals surface area contributed by atoms with Gasteiger partial charge in [-0.1, -0.05) is 0 Å².